The lowest BCUT2D eigenvalue weighted by atomic mass is 10.0. The predicted molar refractivity (Wildman–Crippen MR) is 96.9 cm³/mol. The average molecular weight is 341 g/mol. The van der Waals surface area contributed by atoms with Gasteiger partial charge in [0, 0.05) is 24.5 Å². The van der Waals surface area contributed by atoms with Crippen LogP contribution in [-0.2, 0) is 11.1 Å². The molecule has 1 aromatic rings. The van der Waals surface area contributed by atoms with Crippen LogP contribution in [0.1, 0.15) is 46.5 Å². The summed E-state index contributed by atoms with van der Waals surface area (Å²) >= 11 is -1.99. The first-order valence-corrected chi connectivity index (χ1v) is 9.88. The molecule has 0 aliphatic rings. The molecule has 2 atom stereocenters. The first kappa shape index (κ1) is 20.0. The number of ether oxygens (including phenoxy) is 1. The fourth-order valence-electron chi connectivity index (χ4n) is 2.52. The van der Waals surface area contributed by atoms with Crippen molar-refractivity contribution in [1.29, 1.82) is 0 Å². The Hall–Kier alpha value is -1.07. The molecule has 0 N–H and O–H groups in total. The van der Waals surface area contributed by atoms with Crippen LogP contribution < -0.4 is 9.64 Å². The molecule has 2 unspecified atom stereocenters. The van der Waals surface area contributed by atoms with Crippen LogP contribution in [0.4, 0.5) is 5.69 Å². The van der Waals surface area contributed by atoms with Crippen LogP contribution in [-0.4, -0.2) is 34.2 Å². The number of hydrogen-bond acceptors (Lipinski definition) is 4. The van der Waals surface area contributed by atoms with Gasteiger partial charge in [-0.15, -0.1) is 0 Å². The smallest absolute Gasteiger partial charge is 0.119 e. The highest BCUT2D eigenvalue weighted by Gasteiger charge is 2.08. The predicted octanol–water partition coefficient (Wildman–Crippen LogP) is 3.99. The van der Waals surface area contributed by atoms with Crippen molar-refractivity contribution in [2.24, 2.45) is 5.92 Å². The third-order valence-electron chi connectivity index (χ3n) is 4.14. The summed E-state index contributed by atoms with van der Waals surface area (Å²) in [7, 11) is 0. The average Bonchev–Trinajstić information content (AvgIpc) is 2.56. The van der Waals surface area contributed by atoms with E-state index in [2.05, 4.69) is 18.7 Å². The van der Waals surface area contributed by atoms with Crippen molar-refractivity contribution in [2.75, 3.05) is 30.3 Å². The molecule has 4 nitrogen and oxygen atoms in total. The number of unbranched alkanes of at least 4 members (excludes halogenated alkanes) is 1. The van der Waals surface area contributed by atoms with Crippen LogP contribution in [0.25, 0.3) is 0 Å². The molecule has 0 saturated carbocycles. The van der Waals surface area contributed by atoms with Gasteiger partial charge >= 0.3 is 0 Å². The lowest BCUT2D eigenvalue weighted by molar-refractivity contribution is 0.233. The second-order valence-electron chi connectivity index (χ2n) is 5.81. The largest absolute Gasteiger partial charge is 0.772 e. The molecule has 0 spiro atoms. The van der Waals surface area contributed by atoms with Crippen LogP contribution in [0.2, 0.25) is 0 Å². The first-order chi connectivity index (χ1) is 11.1. The highest BCUT2D eigenvalue weighted by Crippen LogP contribution is 2.21. The summed E-state index contributed by atoms with van der Waals surface area (Å²) in [6, 6.07) is 7.94. The molecule has 1 aromatic carbocycles. The molecule has 0 aliphatic heterocycles. The summed E-state index contributed by atoms with van der Waals surface area (Å²) in [5.41, 5.74) is 1.03. The van der Waals surface area contributed by atoms with Crippen LogP contribution in [0.15, 0.2) is 24.3 Å². The molecule has 0 aliphatic carbocycles. The van der Waals surface area contributed by atoms with Gasteiger partial charge in [0.25, 0.3) is 0 Å². The molecule has 1 rings (SSSR count). The van der Waals surface area contributed by atoms with Crippen molar-refractivity contribution in [1.82, 2.24) is 0 Å². The van der Waals surface area contributed by atoms with E-state index in [1.54, 1.807) is 0 Å². The summed E-state index contributed by atoms with van der Waals surface area (Å²) in [5.74, 6) is 1.66. The maximum Gasteiger partial charge on any atom is 0.119 e. The van der Waals surface area contributed by atoms with E-state index >= 15 is 0 Å². The second-order valence-corrected chi connectivity index (χ2v) is 6.82. The van der Waals surface area contributed by atoms with E-state index in [4.69, 9.17) is 4.74 Å². The Morgan fingerprint density at radius 3 is 2.43 bits per heavy atom. The third kappa shape index (κ3) is 7.84. The molecule has 0 amide bonds. The van der Waals surface area contributed by atoms with Gasteiger partial charge in [-0.1, -0.05) is 44.2 Å². The quantitative estimate of drug-likeness (QED) is 0.540. The van der Waals surface area contributed by atoms with Crippen molar-refractivity contribution in [3.63, 3.8) is 0 Å². The Morgan fingerprint density at radius 1 is 1.22 bits per heavy atom. The van der Waals surface area contributed by atoms with Crippen molar-refractivity contribution >= 4 is 16.8 Å². The highest BCUT2D eigenvalue weighted by atomic mass is 32.2. The third-order valence-corrected chi connectivity index (χ3v) is 4.66. The summed E-state index contributed by atoms with van der Waals surface area (Å²) in [5, 5.41) is 0. The molecule has 0 heterocycles. The van der Waals surface area contributed by atoms with Gasteiger partial charge < -0.3 is 14.2 Å². The number of rotatable bonds is 12. The van der Waals surface area contributed by atoms with Gasteiger partial charge in [0.15, 0.2) is 0 Å². The van der Waals surface area contributed by atoms with E-state index in [1.165, 1.54) is 19.3 Å². The Morgan fingerprint density at radius 2 is 1.91 bits per heavy atom. The molecule has 0 saturated heterocycles. The number of anilines is 1. The van der Waals surface area contributed by atoms with Gasteiger partial charge in [-0.3, -0.25) is 4.21 Å². The molecular weight excluding hydrogens is 310 g/mol. The number of hydrogen-bond donors (Lipinski definition) is 0. The van der Waals surface area contributed by atoms with Crippen LogP contribution in [0.5, 0.6) is 5.75 Å². The van der Waals surface area contributed by atoms with E-state index in [-0.39, 0.29) is 5.75 Å². The van der Waals surface area contributed by atoms with Gasteiger partial charge in [0.05, 0.1) is 6.61 Å². The van der Waals surface area contributed by atoms with Gasteiger partial charge in [0.2, 0.25) is 0 Å². The molecule has 0 bridgehead atoms. The molecule has 132 valence electrons. The lowest BCUT2D eigenvalue weighted by Gasteiger charge is -2.24. The van der Waals surface area contributed by atoms with Crippen molar-refractivity contribution < 1.29 is 13.5 Å². The topological polar surface area (TPSA) is 52.6 Å². The monoisotopic (exact) mass is 340 g/mol. The standard InChI is InChI=1S/C18H31NO3S/c1-4-7-8-16(5-2)15-22-18-11-9-17(10-12-18)19(6-3)13-14-23(20)21/h9-12,16H,4-8,13-15H2,1-3H3,(H,20,21)/p-1. The zero-order valence-corrected chi connectivity index (χ0v) is 15.4. The van der Waals surface area contributed by atoms with E-state index in [9.17, 15) is 8.76 Å². The maximum atomic E-state index is 10.7. The zero-order valence-electron chi connectivity index (χ0n) is 14.6. The van der Waals surface area contributed by atoms with E-state index in [1.807, 2.05) is 31.2 Å². The number of benzene rings is 1. The molecule has 23 heavy (non-hydrogen) atoms. The Balaban J connectivity index is 2.52. The van der Waals surface area contributed by atoms with E-state index in [0.717, 1.165) is 31.0 Å². The minimum Gasteiger partial charge on any atom is -0.772 e. The van der Waals surface area contributed by atoms with Gasteiger partial charge in [-0.25, -0.2) is 0 Å². The maximum absolute atomic E-state index is 10.7. The Kier molecular flexibility index (Phi) is 9.96. The van der Waals surface area contributed by atoms with Gasteiger partial charge in [-0.2, -0.15) is 0 Å². The van der Waals surface area contributed by atoms with Gasteiger partial charge in [-0.05, 0) is 43.5 Å². The van der Waals surface area contributed by atoms with Crippen LogP contribution in [0.3, 0.4) is 0 Å². The summed E-state index contributed by atoms with van der Waals surface area (Å²) in [4.78, 5) is 2.05. The fourth-order valence-corrected chi connectivity index (χ4v) is 2.89. The minimum atomic E-state index is -1.99. The van der Waals surface area contributed by atoms with Gasteiger partial charge in [0.1, 0.15) is 5.75 Å². The summed E-state index contributed by atoms with van der Waals surface area (Å²) in [6.07, 6.45) is 4.86. The van der Waals surface area contributed by atoms with Crippen LogP contribution in [0, 0.1) is 5.92 Å². The van der Waals surface area contributed by atoms with Crippen molar-refractivity contribution in [2.45, 2.75) is 46.5 Å². The molecule has 5 heteroatoms. The van der Waals surface area contributed by atoms with Crippen molar-refractivity contribution in [3.05, 3.63) is 24.3 Å². The SMILES string of the molecule is CCCCC(CC)COc1ccc(N(CC)CCS(=O)[O-])cc1. The zero-order chi connectivity index (χ0) is 17.1. The minimum absolute atomic E-state index is 0.154. The molecule has 0 radical (unpaired) electrons. The molecule has 0 fully saturated rings. The fraction of sp³-hybridized carbons (Fsp3) is 0.667. The molecular formula is C18H30NO3S-. The van der Waals surface area contributed by atoms with E-state index < -0.39 is 11.1 Å². The molecule has 0 aromatic heterocycles. The Bertz CT molecular complexity index is 450. The Labute approximate surface area is 143 Å². The highest BCUT2D eigenvalue weighted by molar-refractivity contribution is 7.79. The normalized spacial score (nSPS) is 13.6. The lowest BCUT2D eigenvalue weighted by Crippen LogP contribution is -2.27. The number of nitrogens with zero attached hydrogens (tertiary/aromatic N) is 1. The van der Waals surface area contributed by atoms with Crippen molar-refractivity contribution in [3.8, 4) is 5.75 Å². The van der Waals surface area contributed by atoms with Crippen LogP contribution >= 0.6 is 0 Å². The summed E-state index contributed by atoms with van der Waals surface area (Å²) < 4.78 is 27.3. The second kappa shape index (κ2) is 11.5. The first-order valence-electron chi connectivity index (χ1n) is 8.64. The summed E-state index contributed by atoms with van der Waals surface area (Å²) in [6.45, 7) is 8.52. The van der Waals surface area contributed by atoms with E-state index in [0.29, 0.717) is 12.5 Å².